The van der Waals surface area contributed by atoms with Crippen molar-refractivity contribution in [1.29, 1.82) is 0 Å². The average molecular weight is 323 g/mol. The molecule has 0 saturated carbocycles. The van der Waals surface area contributed by atoms with Gasteiger partial charge in [0.2, 0.25) is 0 Å². The molecule has 0 aromatic heterocycles. The number of hydrogen-bond acceptors (Lipinski definition) is 4. The highest BCUT2D eigenvalue weighted by atomic mass is 16.5. The molecule has 0 saturated heterocycles. The standard InChI is InChI=1S/C19H17NO4/c1-14-7-5-6-8-15(14)11-12-18(22)24-13-17(21)20-19(23)16-9-3-2-4-10-16/h2-12H,13H2,1H3,(H,20,21,23)/b12-11+. The van der Waals surface area contributed by atoms with Gasteiger partial charge in [-0.05, 0) is 36.3 Å². The van der Waals surface area contributed by atoms with Gasteiger partial charge in [-0.3, -0.25) is 14.9 Å². The van der Waals surface area contributed by atoms with E-state index in [4.69, 9.17) is 4.74 Å². The zero-order valence-electron chi connectivity index (χ0n) is 13.2. The maximum Gasteiger partial charge on any atom is 0.331 e. The van der Waals surface area contributed by atoms with Crippen LogP contribution in [0.3, 0.4) is 0 Å². The molecule has 0 bridgehead atoms. The molecule has 0 aliphatic heterocycles. The van der Waals surface area contributed by atoms with Crippen molar-refractivity contribution in [1.82, 2.24) is 5.32 Å². The van der Waals surface area contributed by atoms with Gasteiger partial charge in [-0.1, -0.05) is 42.5 Å². The molecule has 2 aromatic rings. The number of rotatable bonds is 5. The van der Waals surface area contributed by atoms with Gasteiger partial charge in [0.25, 0.3) is 11.8 Å². The van der Waals surface area contributed by atoms with E-state index in [0.717, 1.165) is 11.1 Å². The second-order valence-corrected chi connectivity index (χ2v) is 5.04. The van der Waals surface area contributed by atoms with Crippen molar-refractivity contribution < 1.29 is 19.1 Å². The first-order valence-corrected chi connectivity index (χ1v) is 7.36. The molecule has 5 heteroatoms. The second kappa shape index (κ2) is 8.43. The van der Waals surface area contributed by atoms with Gasteiger partial charge in [0, 0.05) is 11.6 Å². The number of esters is 1. The molecular formula is C19H17NO4. The lowest BCUT2D eigenvalue weighted by molar-refractivity contribution is -0.143. The molecule has 122 valence electrons. The summed E-state index contributed by atoms with van der Waals surface area (Å²) in [7, 11) is 0. The predicted molar refractivity (Wildman–Crippen MR) is 90.1 cm³/mol. The van der Waals surface area contributed by atoms with Gasteiger partial charge in [0.05, 0.1) is 0 Å². The molecule has 2 amide bonds. The minimum Gasteiger partial charge on any atom is -0.452 e. The number of imide groups is 1. The van der Waals surface area contributed by atoms with Crippen LogP contribution >= 0.6 is 0 Å². The summed E-state index contributed by atoms with van der Waals surface area (Å²) < 4.78 is 4.81. The first kappa shape index (κ1) is 17.1. The average Bonchev–Trinajstić information content (AvgIpc) is 2.60. The summed E-state index contributed by atoms with van der Waals surface area (Å²) in [6.45, 7) is 1.41. The van der Waals surface area contributed by atoms with Crippen molar-refractivity contribution in [3.05, 3.63) is 77.4 Å². The number of nitrogens with one attached hydrogen (secondary N) is 1. The molecule has 0 aliphatic carbocycles. The first-order valence-electron chi connectivity index (χ1n) is 7.36. The van der Waals surface area contributed by atoms with Crippen molar-refractivity contribution in [3.63, 3.8) is 0 Å². The van der Waals surface area contributed by atoms with Gasteiger partial charge in [0.15, 0.2) is 6.61 Å². The third-order valence-corrected chi connectivity index (χ3v) is 3.22. The Bertz CT molecular complexity index is 766. The SMILES string of the molecule is Cc1ccccc1/C=C/C(=O)OCC(=O)NC(=O)c1ccccc1. The molecule has 0 aliphatic rings. The van der Waals surface area contributed by atoms with Crippen molar-refractivity contribution in [2.45, 2.75) is 6.92 Å². The van der Waals surface area contributed by atoms with Crippen LogP contribution in [-0.2, 0) is 14.3 Å². The summed E-state index contributed by atoms with van der Waals surface area (Å²) in [6.07, 6.45) is 2.86. The van der Waals surface area contributed by atoms with E-state index in [2.05, 4.69) is 5.32 Å². The summed E-state index contributed by atoms with van der Waals surface area (Å²) in [5, 5.41) is 2.16. The van der Waals surface area contributed by atoms with Gasteiger partial charge in [-0.15, -0.1) is 0 Å². The topological polar surface area (TPSA) is 72.5 Å². The fraction of sp³-hybridized carbons (Fsp3) is 0.105. The maximum absolute atomic E-state index is 11.8. The fourth-order valence-electron chi connectivity index (χ4n) is 1.94. The molecule has 1 N–H and O–H groups in total. The van der Waals surface area contributed by atoms with Crippen molar-refractivity contribution in [2.24, 2.45) is 0 Å². The predicted octanol–water partition coefficient (Wildman–Crippen LogP) is 2.51. The monoisotopic (exact) mass is 323 g/mol. The van der Waals surface area contributed by atoms with Crippen molar-refractivity contribution >= 4 is 23.9 Å². The lowest BCUT2D eigenvalue weighted by Gasteiger charge is -2.04. The van der Waals surface area contributed by atoms with Crippen molar-refractivity contribution in [3.8, 4) is 0 Å². The highest BCUT2D eigenvalue weighted by molar-refractivity contribution is 6.05. The molecule has 0 radical (unpaired) electrons. The Kier molecular flexibility index (Phi) is 6.02. The quantitative estimate of drug-likeness (QED) is 0.678. The van der Waals surface area contributed by atoms with Crippen molar-refractivity contribution in [2.75, 3.05) is 6.61 Å². The van der Waals surface area contributed by atoms with E-state index < -0.39 is 24.4 Å². The Hall–Kier alpha value is -3.21. The van der Waals surface area contributed by atoms with Gasteiger partial charge in [-0.2, -0.15) is 0 Å². The molecule has 0 atom stereocenters. The number of hydrogen-bond donors (Lipinski definition) is 1. The summed E-state index contributed by atoms with van der Waals surface area (Å²) in [5.41, 5.74) is 2.27. The molecular weight excluding hydrogens is 306 g/mol. The number of aryl methyl sites for hydroxylation is 1. The smallest absolute Gasteiger partial charge is 0.331 e. The van der Waals surface area contributed by atoms with E-state index in [-0.39, 0.29) is 0 Å². The number of amides is 2. The molecule has 24 heavy (non-hydrogen) atoms. The Labute approximate surface area is 140 Å². The minimum absolute atomic E-state index is 0.358. The Balaban J connectivity index is 1.80. The van der Waals surface area contributed by atoms with E-state index in [0.29, 0.717) is 5.56 Å². The number of carbonyl (C=O) groups is 3. The van der Waals surface area contributed by atoms with Gasteiger partial charge < -0.3 is 4.74 Å². The maximum atomic E-state index is 11.8. The fourth-order valence-corrected chi connectivity index (χ4v) is 1.94. The normalized spacial score (nSPS) is 10.4. The molecule has 0 unspecified atom stereocenters. The van der Waals surface area contributed by atoms with E-state index in [1.54, 1.807) is 36.4 Å². The van der Waals surface area contributed by atoms with E-state index >= 15 is 0 Å². The van der Waals surface area contributed by atoms with E-state index in [1.807, 2.05) is 31.2 Å². The summed E-state index contributed by atoms with van der Waals surface area (Å²) in [4.78, 5) is 35.0. The minimum atomic E-state index is -0.679. The van der Waals surface area contributed by atoms with Gasteiger partial charge in [-0.25, -0.2) is 4.79 Å². The Morgan fingerprint density at radius 2 is 1.67 bits per heavy atom. The second-order valence-electron chi connectivity index (χ2n) is 5.04. The van der Waals surface area contributed by atoms with Crippen LogP contribution in [-0.4, -0.2) is 24.4 Å². The number of benzene rings is 2. The van der Waals surface area contributed by atoms with Crippen LogP contribution in [0.1, 0.15) is 21.5 Å². The largest absolute Gasteiger partial charge is 0.452 e. The first-order chi connectivity index (χ1) is 11.6. The molecule has 2 aromatic carbocycles. The lowest BCUT2D eigenvalue weighted by Crippen LogP contribution is -2.33. The van der Waals surface area contributed by atoms with Crippen LogP contribution in [0.2, 0.25) is 0 Å². The third kappa shape index (κ3) is 5.21. The zero-order chi connectivity index (χ0) is 17.4. The van der Waals surface area contributed by atoms with Crippen LogP contribution in [0.4, 0.5) is 0 Å². The van der Waals surface area contributed by atoms with Gasteiger partial charge in [0.1, 0.15) is 0 Å². The molecule has 0 fully saturated rings. The van der Waals surface area contributed by atoms with Crippen LogP contribution < -0.4 is 5.32 Å². The van der Waals surface area contributed by atoms with Gasteiger partial charge >= 0.3 is 5.97 Å². The number of ether oxygens (including phenoxy) is 1. The van der Waals surface area contributed by atoms with Crippen LogP contribution in [0.25, 0.3) is 6.08 Å². The molecule has 2 rings (SSSR count). The van der Waals surface area contributed by atoms with Crippen LogP contribution in [0, 0.1) is 6.92 Å². The summed E-state index contributed by atoms with van der Waals surface area (Å²) in [5.74, 6) is -1.87. The zero-order valence-corrected chi connectivity index (χ0v) is 13.2. The Morgan fingerprint density at radius 3 is 2.38 bits per heavy atom. The molecule has 0 heterocycles. The highest BCUT2D eigenvalue weighted by Gasteiger charge is 2.11. The summed E-state index contributed by atoms with van der Waals surface area (Å²) in [6, 6.07) is 15.9. The molecule has 0 spiro atoms. The van der Waals surface area contributed by atoms with E-state index in [9.17, 15) is 14.4 Å². The Morgan fingerprint density at radius 1 is 1.00 bits per heavy atom. The highest BCUT2D eigenvalue weighted by Crippen LogP contribution is 2.08. The number of carbonyl (C=O) groups excluding carboxylic acids is 3. The third-order valence-electron chi connectivity index (χ3n) is 3.22. The van der Waals surface area contributed by atoms with Crippen LogP contribution in [0.15, 0.2) is 60.7 Å². The lowest BCUT2D eigenvalue weighted by atomic mass is 10.1. The van der Waals surface area contributed by atoms with Crippen LogP contribution in [0.5, 0.6) is 0 Å². The summed E-state index contributed by atoms with van der Waals surface area (Å²) >= 11 is 0. The molecule has 5 nitrogen and oxygen atoms in total. The van der Waals surface area contributed by atoms with E-state index in [1.165, 1.54) is 6.08 Å².